The number of hydrogen-bond donors (Lipinski definition) is 2. The lowest BCUT2D eigenvalue weighted by molar-refractivity contribution is -0.139. The minimum absolute atomic E-state index is 0.00569. The molecule has 0 aliphatic carbocycles. The van der Waals surface area contributed by atoms with Crippen LogP contribution in [0.15, 0.2) is 91.0 Å². The van der Waals surface area contributed by atoms with E-state index in [-0.39, 0.29) is 34.9 Å². The van der Waals surface area contributed by atoms with Gasteiger partial charge in [-0.2, -0.15) is 13.2 Å². The minimum atomic E-state index is -4.69. The number of carboxylic acids is 1. The van der Waals surface area contributed by atoms with Gasteiger partial charge in [-0.25, -0.2) is 4.79 Å². The van der Waals surface area contributed by atoms with Crippen molar-refractivity contribution in [2.45, 2.75) is 38.9 Å². The second-order valence-electron chi connectivity index (χ2n) is 12.6. The van der Waals surface area contributed by atoms with E-state index >= 15 is 0 Å². The molecule has 0 unspecified atom stereocenters. The molecule has 1 aliphatic heterocycles. The molecule has 2 N–H and O–H groups in total. The van der Waals surface area contributed by atoms with E-state index in [9.17, 15) is 37.5 Å². The molecule has 1 aliphatic rings. The van der Waals surface area contributed by atoms with Crippen LogP contribution in [0.25, 0.3) is 0 Å². The molecule has 1 heterocycles. The van der Waals surface area contributed by atoms with Crippen LogP contribution in [-0.2, 0) is 28.7 Å². The molecule has 1 fully saturated rings. The number of ether oxygens (including phenoxy) is 2. The number of carbonyl (C=O) groups excluding carboxylic acids is 3. The molecule has 0 spiro atoms. The van der Waals surface area contributed by atoms with Crippen molar-refractivity contribution in [2.75, 3.05) is 37.0 Å². The highest BCUT2D eigenvalue weighted by atomic mass is 19.4. The van der Waals surface area contributed by atoms with E-state index in [1.807, 2.05) is 12.1 Å². The number of aliphatic carboxylic acids is 1. The van der Waals surface area contributed by atoms with Crippen LogP contribution in [-0.4, -0.2) is 60.5 Å². The lowest BCUT2D eigenvalue weighted by Gasteiger charge is -2.32. The second kappa shape index (κ2) is 16.4. The van der Waals surface area contributed by atoms with E-state index in [2.05, 4.69) is 17.1 Å². The summed E-state index contributed by atoms with van der Waals surface area (Å²) in [7, 11) is 1.24. The maximum Gasteiger partial charge on any atom is 0.416 e. The molecular formula is C39H38F3N3O7. The van der Waals surface area contributed by atoms with Gasteiger partial charge in [0.15, 0.2) is 0 Å². The number of amides is 2. The van der Waals surface area contributed by atoms with E-state index in [1.165, 1.54) is 43.5 Å². The average molecular weight is 718 g/mol. The van der Waals surface area contributed by atoms with Crippen molar-refractivity contribution < 1.29 is 46.9 Å². The van der Waals surface area contributed by atoms with Gasteiger partial charge in [0, 0.05) is 36.6 Å². The zero-order chi connectivity index (χ0) is 37.4. The smallest absolute Gasteiger partial charge is 0.416 e. The zero-order valence-electron chi connectivity index (χ0n) is 28.6. The van der Waals surface area contributed by atoms with Crippen LogP contribution < -0.4 is 19.7 Å². The number of carbonyl (C=O) groups is 4. The third-order valence-electron chi connectivity index (χ3n) is 8.76. The van der Waals surface area contributed by atoms with Crippen molar-refractivity contribution in [2.24, 2.45) is 5.92 Å². The molecule has 1 saturated heterocycles. The fraction of sp³-hybridized carbons (Fsp3) is 0.282. The Morgan fingerprint density at radius 3 is 2.08 bits per heavy atom. The molecule has 10 nitrogen and oxygen atoms in total. The molecule has 4 aromatic rings. The Bertz CT molecular complexity index is 1890. The number of anilines is 2. The first kappa shape index (κ1) is 37.4. The number of esters is 1. The van der Waals surface area contributed by atoms with E-state index in [1.54, 1.807) is 36.4 Å². The first-order valence-electron chi connectivity index (χ1n) is 16.6. The van der Waals surface area contributed by atoms with Crippen LogP contribution in [0.2, 0.25) is 0 Å². The molecule has 5 rings (SSSR count). The standard InChI is InChI=1S/C39H38F3N3O7/c1-25-17-19-44(20-18-25)31-12-7-28(8-13-31)38(50)52-32-14-3-26(4-15-32)23-45(24-36(47)48)37(49)27-5-10-30(11-6-27)43-35(46)21-29-9-16-33(51-2)22-34(29)39(40,41)42/h3-16,22,25H,17-21,23-24H2,1-2H3,(H,43,46)(H,47,48). The van der Waals surface area contributed by atoms with Gasteiger partial charge in [0.05, 0.1) is 24.7 Å². The molecule has 0 saturated carbocycles. The normalized spacial score (nSPS) is 13.3. The predicted octanol–water partition coefficient (Wildman–Crippen LogP) is 7.08. The predicted molar refractivity (Wildman–Crippen MR) is 188 cm³/mol. The SMILES string of the molecule is COc1ccc(CC(=O)Nc2ccc(C(=O)N(CC(=O)O)Cc3ccc(OC(=O)c4ccc(N5CCC(C)CC5)cc4)cc3)cc2)c(C(F)(F)F)c1. The molecule has 0 atom stereocenters. The van der Waals surface area contributed by atoms with Crippen LogP contribution in [0.4, 0.5) is 24.5 Å². The summed E-state index contributed by atoms with van der Waals surface area (Å²) < 4.78 is 51.1. The Morgan fingerprint density at radius 1 is 0.865 bits per heavy atom. The van der Waals surface area contributed by atoms with E-state index in [4.69, 9.17) is 9.47 Å². The van der Waals surface area contributed by atoms with Crippen LogP contribution >= 0.6 is 0 Å². The summed E-state index contributed by atoms with van der Waals surface area (Å²) >= 11 is 0. The summed E-state index contributed by atoms with van der Waals surface area (Å²) in [5.41, 5.74) is 1.17. The number of piperidine rings is 1. The van der Waals surface area contributed by atoms with Gasteiger partial charge < -0.3 is 29.7 Å². The van der Waals surface area contributed by atoms with E-state index in [0.29, 0.717) is 17.0 Å². The summed E-state index contributed by atoms with van der Waals surface area (Å²) in [6.45, 7) is 3.53. The molecule has 0 bridgehead atoms. The molecule has 13 heteroatoms. The fourth-order valence-corrected chi connectivity index (χ4v) is 5.84. The van der Waals surface area contributed by atoms with Crippen molar-refractivity contribution in [3.8, 4) is 11.5 Å². The molecular weight excluding hydrogens is 679 g/mol. The summed E-state index contributed by atoms with van der Waals surface area (Å²) in [5.74, 6) is -2.09. The topological polar surface area (TPSA) is 125 Å². The van der Waals surface area contributed by atoms with Crippen molar-refractivity contribution in [3.63, 3.8) is 0 Å². The van der Waals surface area contributed by atoms with Gasteiger partial charge in [0.1, 0.15) is 18.0 Å². The van der Waals surface area contributed by atoms with Gasteiger partial charge in [-0.15, -0.1) is 0 Å². The monoisotopic (exact) mass is 717 g/mol. The van der Waals surface area contributed by atoms with Crippen molar-refractivity contribution in [1.82, 2.24) is 4.90 Å². The third-order valence-corrected chi connectivity index (χ3v) is 8.76. The lowest BCUT2D eigenvalue weighted by Crippen LogP contribution is -2.35. The van der Waals surface area contributed by atoms with Gasteiger partial charge in [-0.05, 0) is 103 Å². The number of methoxy groups -OCH3 is 1. The summed E-state index contributed by atoms with van der Waals surface area (Å²) in [6, 6.07) is 22.5. The average Bonchev–Trinajstić information content (AvgIpc) is 3.12. The number of alkyl halides is 3. The number of halogens is 3. The molecule has 2 amide bonds. The van der Waals surface area contributed by atoms with Crippen molar-refractivity contribution in [1.29, 1.82) is 0 Å². The van der Waals surface area contributed by atoms with Crippen molar-refractivity contribution in [3.05, 3.63) is 119 Å². The zero-order valence-corrected chi connectivity index (χ0v) is 28.6. The highest BCUT2D eigenvalue weighted by molar-refractivity contribution is 5.97. The van der Waals surface area contributed by atoms with E-state index < -0.39 is 48.5 Å². The number of nitrogens with zero attached hydrogens (tertiary/aromatic N) is 2. The Hall–Kier alpha value is -5.85. The third kappa shape index (κ3) is 9.89. The van der Waals surface area contributed by atoms with Crippen LogP contribution in [0.5, 0.6) is 11.5 Å². The quantitative estimate of drug-likeness (QED) is 0.118. The first-order valence-corrected chi connectivity index (χ1v) is 16.6. The minimum Gasteiger partial charge on any atom is -0.497 e. The van der Waals surface area contributed by atoms with Crippen LogP contribution in [0, 0.1) is 5.92 Å². The van der Waals surface area contributed by atoms with Crippen molar-refractivity contribution >= 4 is 35.1 Å². The van der Waals surface area contributed by atoms with Gasteiger partial charge in [-0.3, -0.25) is 14.4 Å². The number of rotatable bonds is 12. The Balaban J connectivity index is 1.18. The summed E-state index contributed by atoms with van der Waals surface area (Å²) in [6.07, 6.45) is -2.99. The van der Waals surface area contributed by atoms with Gasteiger partial charge in [-0.1, -0.05) is 25.1 Å². The Morgan fingerprint density at radius 2 is 1.48 bits per heavy atom. The highest BCUT2D eigenvalue weighted by Gasteiger charge is 2.34. The lowest BCUT2D eigenvalue weighted by atomic mass is 9.99. The molecule has 0 radical (unpaired) electrons. The fourth-order valence-electron chi connectivity index (χ4n) is 5.84. The van der Waals surface area contributed by atoms with Gasteiger partial charge in [0.25, 0.3) is 5.91 Å². The summed E-state index contributed by atoms with van der Waals surface area (Å²) in [5, 5.41) is 12.0. The van der Waals surface area contributed by atoms with Gasteiger partial charge >= 0.3 is 18.1 Å². The molecule has 272 valence electrons. The second-order valence-corrected chi connectivity index (χ2v) is 12.6. The highest BCUT2D eigenvalue weighted by Crippen LogP contribution is 2.35. The van der Waals surface area contributed by atoms with Crippen LogP contribution in [0.3, 0.4) is 0 Å². The maximum absolute atomic E-state index is 13.6. The van der Waals surface area contributed by atoms with Crippen LogP contribution in [0.1, 0.15) is 57.2 Å². The Labute approximate surface area is 298 Å². The largest absolute Gasteiger partial charge is 0.497 e. The number of carboxylic acid groups (broad SMARTS) is 1. The van der Waals surface area contributed by atoms with Gasteiger partial charge in [0.2, 0.25) is 5.91 Å². The molecule has 0 aromatic heterocycles. The maximum atomic E-state index is 13.6. The number of hydrogen-bond acceptors (Lipinski definition) is 7. The first-order chi connectivity index (χ1) is 24.8. The summed E-state index contributed by atoms with van der Waals surface area (Å²) in [4.78, 5) is 53.8. The molecule has 52 heavy (non-hydrogen) atoms. The number of benzene rings is 4. The van der Waals surface area contributed by atoms with E-state index in [0.717, 1.165) is 42.6 Å². The Kier molecular flexibility index (Phi) is 11.8. The number of nitrogens with one attached hydrogen (secondary N) is 1. The molecule has 4 aromatic carbocycles.